The van der Waals surface area contributed by atoms with Gasteiger partial charge in [0.25, 0.3) is 0 Å². The summed E-state index contributed by atoms with van der Waals surface area (Å²) in [4.78, 5) is 4.33. The van der Waals surface area contributed by atoms with Crippen LogP contribution in [0.2, 0.25) is 0 Å². The number of methoxy groups -OCH3 is 4. The molecule has 0 amide bonds. The summed E-state index contributed by atoms with van der Waals surface area (Å²) in [6.45, 7) is 0.418. The molecule has 0 N–H and O–H groups in total. The van der Waals surface area contributed by atoms with E-state index in [2.05, 4.69) is 9.80 Å². The molecule has 0 aliphatic rings. The Morgan fingerprint density at radius 1 is 0.400 bits per heavy atom. The number of ether oxygens (including phenoxy) is 4. The van der Waals surface area contributed by atoms with Gasteiger partial charge < -0.3 is 28.7 Å². The highest BCUT2D eigenvalue weighted by Crippen LogP contribution is 2.43. The monoisotopic (exact) mass is 470 g/mol. The van der Waals surface area contributed by atoms with Gasteiger partial charge in [0.15, 0.2) is 0 Å². The molecule has 4 aromatic carbocycles. The van der Waals surface area contributed by atoms with E-state index in [0.29, 0.717) is 6.67 Å². The van der Waals surface area contributed by atoms with Crippen LogP contribution in [-0.2, 0) is 0 Å². The van der Waals surface area contributed by atoms with E-state index < -0.39 is 0 Å². The number of anilines is 4. The zero-order valence-electron chi connectivity index (χ0n) is 20.5. The molecule has 0 spiro atoms. The fourth-order valence-electron chi connectivity index (χ4n) is 4.12. The predicted molar refractivity (Wildman–Crippen MR) is 141 cm³/mol. The highest BCUT2D eigenvalue weighted by atomic mass is 16.5. The molecule has 180 valence electrons. The number of nitrogens with zero attached hydrogens (tertiary/aromatic N) is 2. The van der Waals surface area contributed by atoms with E-state index in [0.717, 1.165) is 45.7 Å². The van der Waals surface area contributed by atoms with Gasteiger partial charge in [-0.2, -0.15) is 0 Å². The third-order valence-corrected chi connectivity index (χ3v) is 5.79. The second kappa shape index (κ2) is 11.2. The molecule has 0 unspecified atom stereocenters. The Kier molecular flexibility index (Phi) is 7.63. The van der Waals surface area contributed by atoms with Crippen LogP contribution in [0.25, 0.3) is 0 Å². The largest absolute Gasteiger partial charge is 0.495 e. The van der Waals surface area contributed by atoms with Gasteiger partial charge in [0.05, 0.1) is 51.2 Å². The molecule has 0 fully saturated rings. The zero-order chi connectivity index (χ0) is 24.6. The van der Waals surface area contributed by atoms with Crippen LogP contribution in [0.15, 0.2) is 97.1 Å². The average molecular weight is 471 g/mol. The van der Waals surface area contributed by atoms with E-state index >= 15 is 0 Å². The summed E-state index contributed by atoms with van der Waals surface area (Å²) >= 11 is 0. The lowest BCUT2D eigenvalue weighted by atomic mass is 10.2. The van der Waals surface area contributed by atoms with Crippen molar-refractivity contribution in [3.05, 3.63) is 97.1 Å². The smallest absolute Gasteiger partial charge is 0.142 e. The maximum atomic E-state index is 5.75. The third kappa shape index (κ3) is 4.96. The van der Waals surface area contributed by atoms with E-state index in [1.165, 1.54) is 0 Å². The van der Waals surface area contributed by atoms with E-state index in [-0.39, 0.29) is 0 Å². The van der Waals surface area contributed by atoms with Gasteiger partial charge in [0.2, 0.25) is 0 Å². The number of hydrogen-bond donors (Lipinski definition) is 0. The second-order valence-corrected chi connectivity index (χ2v) is 7.68. The van der Waals surface area contributed by atoms with Gasteiger partial charge in [-0.15, -0.1) is 0 Å². The Morgan fingerprint density at radius 2 is 0.629 bits per heavy atom. The van der Waals surface area contributed by atoms with Crippen LogP contribution in [0.1, 0.15) is 0 Å². The summed E-state index contributed by atoms with van der Waals surface area (Å²) in [6.07, 6.45) is 0. The van der Waals surface area contributed by atoms with Crippen molar-refractivity contribution in [1.82, 2.24) is 0 Å². The molecule has 4 aromatic rings. The van der Waals surface area contributed by atoms with Crippen LogP contribution in [0.5, 0.6) is 23.0 Å². The SMILES string of the molecule is COc1ccccc1N(CN(c1ccccc1OC)c1ccccc1OC)c1ccccc1OC. The first-order valence-electron chi connectivity index (χ1n) is 11.3. The lowest BCUT2D eigenvalue weighted by Crippen LogP contribution is -2.33. The molecule has 0 saturated carbocycles. The minimum Gasteiger partial charge on any atom is -0.495 e. The van der Waals surface area contributed by atoms with Crippen molar-refractivity contribution in [2.24, 2.45) is 0 Å². The fourth-order valence-corrected chi connectivity index (χ4v) is 4.12. The summed E-state index contributed by atoms with van der Waals surface area (Å²) < 4.78 is 23.0. The predicted octanol–water partition coefficient (Wildman–Crippen LogP) is 6.65. The molecule has 6 nitrogen and oxygen atoms in total. The van der Waals surface area contributed by atoms with Crippen molar-refractivity contribution in [2.75, 3.05) is 44.9 Å². The molecule has 0 heterocycles. The van der Waals surface area contributed by atoms with Crippen molar-refractivity contribution in [2.45, 2.75) is 0 Å². The second-order valence-electron chi connectivity index (χ2n) is 7.68. The Hall–Kier alpha value is -4.32. The van der Waals surface area contributed by atoms with Crippen LogP contribution in [-0.4, -0.2) is 35.1 Å². The molecule has 0 atom stereocenters. The summed E-state index contributed by atoms with van der Waals surface area (Å²) in [5.41, 5.74) is 3.59. The van der Waals surface area contributed by atoms with E-state index in [4.69, 9.17) is 18.9 Å². The Bertz CT molecular complexity index is 1070. The Morgan fingerprint density at radius 3 is 0.857 bits per heavy atom. The van der Waals surface area contributed by atoms with Gasteiger partial charge in [-0.3, -0.25) is 0 Å². The summed E-state index contributed by atoms with van der Waals surface area (Å²) in [6, 6.07) is 31.8. The molecule has 6 heteroatoms. The van der Waals surface area contributed by atoms with Crippen molar-refractivity contribution in [3.8, 4) is 23.0 Å². The first-order valence-corrected chi connectivity index (χ1v) is 11.3. The van der Waals surface area contributed by atoms with Crippen molar-refractivity contribution < 1.29 is 18.9 Å². The van der Waals surface area contributed by atoms with E-state index in [9.17, 15) is 0 Å². The summed E-state index contributed by atoms with van der Waals surface area (Å²) in [5.74, 6) is 2.99. The first kappa shape index (κ1) is 23.8. The Labute approximate surface area is 206 Å². The molecular formula is C29H30N2O4. The molecular weight excluding hydrogens is 440 g/mol. The maximum Gasteiger partial charge on any atom is 0.142 e. The van der Waals surface area contributed by atoms with Gasteiger partial charge in [0, 0.05) is 0 Å². The van der Waals surface area contributed by atoms with Gasteiger partial charge in [-0.1, -0.05) is 48.5 Å². The molecule has 0 radical (unpaired) electrons. The van der Waals surface area contributed by atoms with Crippen LogP contribution >= 0.6 is 0 Å². The lowest BCUT2D eigenvalue weighted by molar-refractivity contribution is 0.409. The highest BCUT2D eigenvalue weighted by Gasteiger charge is 2.25. The summed E-state index contributed by atoms with van der Waals surface area (Å²) in [7, 11) is 6.71. The lowest BCUT2D eigenvalue weighted by Gasteiger charge is -2.35. The molecule has 0 aromatic heterocycles. The van der Waals surface area contributed by atoms with Gasteiger partial charge in [-0.05, 0) is 48.5 Å². The normalized spacial score (nSPS) is 10.4. The standard InChI is InChI=1S/C29H30N2O4/c1-32-26-17-9-5-13-22(26)30(23-14-6-10-18-27(23)33-2)21-31(24-15-7-11-19-28(24)34-3)25-16-8-12-20-29(25)35-4/h5-20H,21H2,1-4H3. The minimum absolute atomic E-state index is 0.418. The van der Waals surface area contributed by atoms with E-state index in [1.807, 2.05) is 97.1 Å². The average Bonchev–Trinajstić information content (AvgIpc) is 2.94. The molecule has 4 rings (SSSR count). The highest BCUT2D eigenvalue weighted by molar-refractivity contribution is 5.79. The number of rotatable bonds is 10. The quantitative estimate of drug-likeness (QED) is 0.242. The Balaban J connectivity index is 1.94. The molecule has 0 aliphatic carbocycles. The van der Waals surface area contributed by atoms with Crippen molar-refractivity contribution in [3.63, 3.8) is 0 Å². The topological polar surface area (TPSA) is 43.4 Å². The van der Waals surface area contributed by atoms with Crippen molar-refractivity contribution in [1.29, 1.82) is 0 Å². The minimum atomic E-state index is 0.418. The van der Waals surface area contributed by atoms with Crippen LogP contribution < -0.4 is 28.7 Å². The molecule has 0 aliphatic heterocycles. The third-order valence-electron chi connectivity index (χ3n) is 5.79. The molecule has 0 bridgehead atoms. The van der Waals surface area contributed by atoms with E-state index in [1.54, 1.807) is 28.4 Å². The number of para-hydroxylation sites is 8. The fraction of sp³-hybridized carbons (Fsp3) is 0.172. The van der Waals surface area contributed by atoms with Crippen LogP contribution in [0.3, 0.4) is 0 Å². The molecule has 0 saturated heterocycles. The molecule has 35 heavy (non-hydrogen) atoms. The van der Waals surface area contributed by atoms with Crippen LogP contribution in [0, 0.1) is 0 Å². The van der Waals surface area contributed by atoms with Gasteiger partial charge >= 0.3 is 0 Å². The van der Waals surface area contributed by atoms with Gasteiger partial charge in [-0.25, -0.2) is 0 Å². The van der Waals surface area contributed by atoms with Gasteiger partial charge in [0.1, 0.15) is 29.7 Å². The van der Waals surface area contributed by atoms with Crippen LogP contribution in [0.4, 0.5) is 22.7 Å². The summed E-state index contributed by atoms with van der Waals surface area (Å²) in [5, 5.41) is 0. The number of benzene rings is 4. The number of hydrogen-bond acceptors (Lipinski definition) is 6. The maximum absolute atomic E-state index is 5.75. The van der Waals surface area contributed by atoms with Crippen molar-refractivity contribution >= 4 is 22.7 Å². The first-order chi connectivity index (χ1) is 17.2. The zero-order valence-corrected chi connectivity index (χ0v) is 20.5.